The van der Waals surface area contributed by atoms with E-state index >= 15 is 0 Å². The zero-order valence-electron chi connectivity index (χ0n) is 17.5. The summed E-state index contributed by atoms with van der Waals surface area (Å²) in [5.41, 5.74) is 5.10. The molecule has 0 unspecified atom stereocenters. The van der Waals surface area contributed by atoms with E-state index in [4.69, 9.17) is 4.74 Å². The monoisotopic (exact) mass is 618 g/mol. The van der Waals surface area contributed by atoms with Gasteiger partial charge in [0.05, 0.1) is 10.6 Å². The van der Waals surface area contributed by atoms with Crippen LogP contribution >= 0.6 is 50.3 Å². The van der Waals surface area contributed by atoms with Crippen LogP contribution in [0.25, 0.3) is 6.08 Å². The molecule has 0 saturated carbocycles. The van der Waals surface area contributed by atoms with Gasteiger partial charge in [-0.3, -0.25) is 4.79 Å². The van der Waals surface area contributed by atoms with Crippen molar-refractivity contribution in [3.8, 4) is 5.75 Å². The molecule has 1 aliphatic heterocycles. The average Bonchev–Trinajstić information content (AvgIpc) is 3.11. The number of halogens is 2. The highest BCUT2D eigenvalue weighted by Crippen LogP contribution is 2.31. The number of rotatable bonds is 5. The molecule has 0 aliphatic carbocycles. The molecular formula is C25H20BrIN2O2S. The number of nitrogens with zero attached hydrogens (tertiary/aromatic N) is 1. The van der Waals surface area contributed by atoms with Crippen molar-refractivity contribution in [2.24, 2.45) is 4.99 Å². The second-order valence-corrected chi connectivity index (χ2v) is 10.4. The van der Waals surface area contributed by atoms with Crippen molar-refractivity contribution in [2.75, 3.05) is 0 Å². The lowest BCUT2D eigenvalue weighted by atomic mass is 10.1. The minimum atomic E-state index is -0.140. The van der Waals surface area contributed by atoms with Gasteiger partial charge < -0.3 is 10.1 Å². The first-order valence-corrected chi connectivity index (χ1v) is 12.6. The van der Waals surface area contributed by atoms with Gasteiger partial charge in [-0.1, -0.05) is 40.2 Å². The Morgan fingerprint density at radius 3 is 2.38 bits per heavy atom. The van der Waals surface area contributed by atoms with Gasteiger partial charge in [-0.25, -0.2) is 4.99 Å². The molecule has 32 heavy (non-hydrogen) atoms. The Hall–Kier alpha value is -2.10. The highest BCUT2D eigenvalue weighted by Gasteiger charge is 2.23. The molecule has 1 aliphatic rings. The molecule has 1 N–H and O–H groups in total. The van der Waals surface area contributed by atoms with E-state index in [1.807, 2.05) is 56.3 Å². The number of carbonyl (C=O) groups excluding carboxylic acids is 1. The maximum atomic E-state index is 12.4. The molecule has 1 fully saturated rings. The Balaban J connectivity index is 1.42. The van der Waals surface area contributed by atoms with E-state index in [1.54, 1.807) is 0 Å². The zero-order chi connectivity index (χ0) is 22.7. The van der Waals surface area contributed by atoms with E-state index in [0.717, 1.165) is 38.2 Å². The summed E-state index contributed by atoms with van der Waals surface area (Å²) in [7, 11) is 0. The predicted octanol–water partition coefficient (Wildman–Crippen LogP) is 7.14. The van der Waals surface area contributed by atoms with Crippen molar-refractivity contribution in [3.63, 3.8) is 0 Å². The molecule has 0 bridgehead atoms. The van der Waals surface area contributed by atoms with Crippen LogP contribution in [0.5, 0.6) is 5.75 Å². The average molecular weight is 619 g/mol. The lowest BCUT2D eigenvalue weighted by molar-refractivity contribution is -0.115. The van der Waals surface area contributed by atoms with Crippen molar-refractivity contribution in [1.82, 2.24) is 5.32 Å². The molecule has 0 radical (unpaired) electrons. The number of hydrogen-bond donors (Lipinski definition) is 1. The summed E-state index contributed by atoms with van der Waals surface area (Å²) in [5.74, 6) is 0.649. The number of benzene rings is 3. The van der Waals surface area contributed by atoms with Crippen LogP contribution in [0.4, 0.5) is 5.69 Å². The predicted molar refractivity (Wildman–Crippen MR) is 144 cm³/mol. The summed E-state index contributed by atoms with van der Waals surface area (Å²) < 4.78 is 8.14. The van der Waals surface area contributed by atoms with E-state index in [1.165, 1.54) is 15.3 Å². The van der Waals surface area contributed by atoms with Crippen molar-refractivity contribution >= 4 is 73.1 Å². The Bertz CT molecular complexity index is 1200. The minimum absolute atomic E-state index is 0.140. The van der Waals surface area contributed by atoms with Crippen molar-refractivity contribution in [1.29, 1.82) is 0 Å². The number of carbonyl (C=O) groups is 1. The normalized spacial score (nSPS) is 15.9. The van der Waals surface area contributed by atoms with Gasteiger partial charge in [-0.05, 0) is 113 Å². The topological polar surface area (TPSA) is 50.7 Å². The van der Waals surface area contributed by atoms with Gasteiger partial charge in [0, 0.05) is 8.04 Å². The van der Waals surface area contributed by atoms with Crippen LogP contribution < -0.4 is 10.1 Å². The summed E-state index contributed by atoms with van der Waals surface area (Å²) in [6.07, 6.45) is 1.86. The summed E-state index contributed by atoms with van der Waals surface area (Å²) in [6.45, 7) is 4.57. The van der Waals surface area contributed by atoms with Crippen LogP contribution in [0.3, 0.4) is 0 Å². The fraction of sp³-hybridized carbons (Fsp3) is 0.120. The Kier molecular flexibility index (Phi) is 7.37. The fourth-order valence-corrected chi connectivity index (χ4v) is 4.57. The van der Waals surface area contributed by atoms with E-state index in [9.17, 15) is 4.79 Å². The van der Waals surface area contributed by atoms with Crippen molar-refractivity contribution in [3.05, 3.63) is 95.9 Å². The number of hydrogen-bond acceptors (Lipinski definition) is 4. The van der Waals surface area contributed by atoms with E-state index in [0.29, 0.717) is 16.7 Å². The first kappa shape index (κ1) is 23.1. The van der Waals surface area contributed by atoms with Gasteiger partial charge in [0.15, 0.2) is 5.17 Å². The van der Waals surface area contributed by atoms with Crippen molar-refractivity contribution in [2.45, 2.75) is 20.5 Å². The number of amides is 1. The van der Waals surface area contributed by atoms with Crippen LogP contribution in [0, 0.1) is 17.4 Å². The van der Waals surface area contributed by atoms with Crippen LogP contribution in [-0.2, 0) is 11.4 Å². The van der Waals surface area contributed by atoms with Gasteiger partial charge in [-0.2, -0.15) is 0 Å². The van der Waals surface area contributed by atoms with E-state index in [2.05, 4.69) is 73.1 Å². The van der Waals surface area contributed by atoms with Gasteiger partial charge in [0.1, 0.15) is 12.4 Å². The first-order chi connectivity index (χ1) is 15.4. The molecule has 0 spiro atoms. The summed E-state index contributed by atoms with van der Waals surface area (Å²) in [5, 5.41) is 3.43. The highest BCUT2D eigenvalue weighted by atomic mass is 127. The molecule has 1 saturated heterocycles. The van der Waals surface area contributed by atoms with Crippen LogP contribution in [-0.4, -0.2) is 11.1 Å². The number of thioether (sulfide) groups is 1. The maximum Gasteiger partial charge on any atom is 0.264 e. The largest absolute Gasteiger partial charge is 0.489 e. The maximum absolute atomic E-state index is 12.4. The smallest absolute Gasteiger partial charge is 0.264 e. The van der Waals surface area contributed by atoms with Crippen LogP contribution in [0.15, 0.2) is 75.0 Å². The van der Waals surface area contributed by atoms with Crippen molar-refractivity contribution < 1.29 is 9.53 Å². The summed E-state index contributed by atoms with van der Waals surface area (Å²) in [4.78, 5) is 17.6. The molecule has 0 aromatic heterocycles. The zero-order valence-corrected chi connectivity index (χ0v) is 22.0. The van der Waals surface area contributed by atoms with Crippen LogP contribution in [0.2, 0.25) is 0 Å². The van der Waals surface area contributed by atoms with E-state index in [-0.39, 0.29) is 5.91 Å². The molecule has 7 heteroatoms. The third-order valence-electron chi connectivity index (χ3n) is 4.80. The highest BCUT2D eigenvalue weighted by molar-refractivity contribution is 14.1. The number of aliphatic imine (C=N–C) groups is 1. The Morgan fingerprint density at radius 1 is 1.06 bits per heavy atom. The quantitative estimate of drug-likeness (QED) is 0.244. The minimum Gasteiger partial charge on any atom is -0.489 e. The SMILES string of the molecule is Cc1cc(N=C2NC(=O)/C(=C/c3ccc(OCc4ccc(I)cc4)cc3)S2)cc(C)c1Br. The van der Waals surface area contributed by atoms with Gasteiger partial charge >= 0.3 is 0 Å². The summed E-state index contributed by atoms with van der Waals surface area (Å²) >= 11 is 7.20. The molecule has 3 aromatic rings. The molecule has 162 valence electrons. The van der Waals surface area contributed by atoms with Gasteiger partial charge in [0.25, 0.3) is 5.91 Å². The number of aryl methyl sites for hydroxylation is 2. The molecular weight excluding hydrogens is 599 g/mol. The molecule has 3 aromatic carbocycles. The molecule has 4 rings (SSSR count). The lowest BCUT2D eigenvalue weighted by Gasteiger charge is -2.07. The van der Waals surface area contributed by atoms with E-state index < -0.39 is 0 Å². The number of amidine groups is 1. The van der Waals surface area contributed by atoms with Gasteiger partial charge in [-0.15, -0.1) is 0 Å². The fourth-order valence-electron chi connectivity index (χ4n) is 3.14. The Labute approximate surface area is 213 Å². The molecule has 1 heterocycles. The Morgan fingerprint density at radius 2 is 1.72 bits per heavy atom. The molecule has 4 nitrogen and oxygen atoms in total. The number of nitrogens with one attached hydrogen (secondary N) is 1. The molecule has 0 atom stereocenters. The molecule has 1 amide bonds. The number of ether oxygens (including phenoxy) is 1. The van der Waals surface area contributed by atoms with Crippen LogP contribution in [0.1, 0.15) is 22.3 Å². The third kappa shape index (κ3) is 5.82. The standard InChI is InChI=1S/C25H20BrIN2O2S/c1-15-11-20(12-16(2)23(15)26)28-25-29-24(30)22(32-25)13-17-5-9-21(10-6-17)31-14-18-3-7-19(27)8-4-18/h3-13H,14H2,1-2H3,(H,28,29,30)/b22-13-. The second-order valence-electron chi connectivity index (χ2n) is 7.36. The first-order valence-electron chi connectivity index (χ1n) is 9.91. The second kappa shape index (κ2) is 10.2. The third-order valence-corrected chi connectivity index (χ3v) is 7.68. The lowest BCUT2D eigenvalue weighted by Crippen LogP contribution is -2.19. The van der Waals surface area contributed by atoms with Gasteiger partial charge in [0.2, 0.25) is 0 Å². The summed E-state index contributed by atoms with van der Waals surface area (Å²) in [6, 6.07) is 20.0.